The molecule has 1 atom stereocenters. The van der Waals surface area contributed by atoms with Crippen molar-refractivity contribution in [1.82, 2.24) is 9.80 Å². The minimum Gasteiger partial charge on any atom is -0.395 e. The summed E-state index contributed by atoms with van der Waals surface area (Å²) in [5.41, 5.74) is 0.776. The van der Waals surface area contributed by atoms with Crippen LogP contribution < -0.4 is 5.32 Å². The number of benzene rings is 1. The highest BCUT2D eigenvalue weighted by atomic mass is 35.5. The van der Waals surface area contributed by atoms with E-state index in [1.54, 1.807) is 24.3 Å². The van der Waals surface area contributed by atoms with Gasteiger partial charge in [0.25, 0.3) is 0 Å². The number of amides is 1. The molecule has 0 spiro atoms. The SMILES string of the molecule is CCC(CO)N1CCN(CCC(=O)Nc2ccc(Cl)cc2)CC1. The minimum atomic E-state index is 0.0246. The number of anilines is 1. The fraction of sp³-hybridized carbons (Fsp3) is 0.588. The third-order valence-electron chi connectivity index (χ3n) is 4.39. The molecule has 0 saturated carbocycles. The van der Waals surface area contributed by atoms with Crippen LogP contribution >= 0.6 is 11.6 Å². The number of nitrogens with zero attached hydrogens (tertiary/aromatic N) is 2. The first kappa shape index (κ1) is 18.2. The molecule has 1 aromatic carbocycles. The van der Waals surface area contributed by atoms with Gasteiger partial charge in [-0.05, 0) is 30.7 Å². The van der Waals surface area contributed by atoms with Gasteiger partial charge in [0.15, 0.2) is 0 Å². The summed E-state index contributed by atoms with van der Waals surface area (Å²) in [6.45, 7) is 6.91. The van der Waals surface area contributed by atoms with Gasteiger partial charge in [-0.2, -0.15) is 0 Å². The van der Waals surface area contributed by atoms with Gasteiger partial charge in [0.05, 0.1) is 6.61 Å². The lowest BCUT2D eigenvalue weighted by molar-refractivity contribution is -0.116. The van der Waals surface area contributed by atoms with Crippen LogP contribution in [0.25, 0.3) is 0 Å². The van der Waals surface area contributed by atoms with Crippen LogP contribution in [-0.2, 0) is 4.79 Å². The second kappa shape index (κ2) is 9.23. The molecule has 1 aliphatic heterocycles. The first-order valence-corrected chi connectivity index (χ1v) is 8.63. The molecular weight excluding hydrogens is 314 g/mol. The molecule has 6 heteroatoms. The molecule has 23 heavy (non-hydrogen) atoms. The van der Waals surface area contributed by atoms with E-state index in [-0.39, 0.29) is 18.6 Å². The quantitative estimate of drug-likeness (QED) is 0.798. The van der Waals surface area contributed by atoms with Crippen LogP contribution in [0.5, 0.6) is 0 Å². The van der Waals surface area contributed by atoms with Crippen molar-refractivity contribution in [2.75, 3.05) is 44.6 Å². The van der Waals surface area contributed by atoms with E-state index in [9.17, 15) is 9.90 Å². The molecule has 5 nitrogen and oxygen atoms in total. The van der Waals surface area contributed by atoms with Crippen molar-refractivity contribution in [2.24, 2.45) is 0 Å². The van der Waals surface area contributed by atoms with Gasteiger partial charge < -0.3 is 15.3 Å². The lowest BCUT2D eigenvalue weighted by Gasteiger charge is -2.38. The second-order valence-electron chi connectivity index (χ2n) is 5.93. The van der Waals surface area contributed by atoms with E-state index >= 15 is 0 Å². The van der Waals surface area contributed by atoms with Crippen LogP contribution in [0.3, 0.4) is 0 Å². The molecule has 1 unspecified atom stereocenters. The van der Waals surface area contributed by atoms with E-state index in [4.69, 9.17) is 11.6 Å². The molecule has 0 aliphatic carbocycles. The standard InChI is InChI=1S/C17H26ClN3O2/c1-2-16(13-22)21-11-9-20(10-12-21)8-7-17(23)19-15-5-3-14(18)4-6-15/h3-6,16,22H,2,7-13H2,1H3,(H,19,23). The summed E-state index contributed by atoms with van der Waals surface area (Å²) in [5, 5.41) is 12.9. The van der Waals surface area contributed by atoms with Gasteiger partial charge in [0.1, 0.15) is 0 Å². The lowest BCUT2D eigenvalue weighted by atomic mass is 10.1. The van der Waals surface area contributed by atoms with Gasteiger partial charge in [-0.1, -0.05) is 18.5 Å². The van der Waals surface area contributed by atoms with Gasteiger partial charge >= 0.3 is 0 Å². The maximum absolute atomic E-state index is 12.0. The van der Waals surface area contributed by atoms with Crippen LogP contribution in [0.2, 0.25) is 5.02 Å². The van der Waals surface area contributed by atoms with Crippen molar-refractivity contribution in [3.05, 3.63) is 29.3 Å². The molecule has 1 heterocycles. The summed E-state index contributed by atoms with van der Waals surface area (Å²) in [6, 6.07) is 7.41. The van der Waals surface area contributed by atoms with Crippen molar-refractivity contribution >= 4 is 23.2 Å². The highest BCUT2D eigenvalue weighted by Gasteiger charge is 2.22. The maximum atomic E-state index is 12.0. The van der Waals surface area contributed by atoms with E-state index in [0.29, 0.717) is 11.4 Å². The molecule has 2 rings (SSSR count). The van der Waals surface area contributed by atoms with Crippen LogP contribution in [0, 0.1) is 0 Å². The maximum Gasteiger partial charge on any atom is 0.225 e. The highest BCUT2D eigenvalue weighted by molar-refractivity contribution is 6.30. The molecular formula is C17H26ClN3O2. The molecule has 0 aromatic heterocycles. The highest BCUT2D eigenvalue weighted by Crippen LogP contribution is 2.14. The molecule has 1 saturated heterocycles. The first-order valence-electron chi connectivity index (χ1n) is 8.25. The van der Waals surface area contributed by atoms with Gasteiger partial charge in [-0.3, -0.25) is 9.69 Å². The Kier molecular flexibility index (Phi) is 7.30. The molecule has 1 amide bonds. The normalized spacial score (nSPS) is 17.9. The third-order valence-corrected chi connectivity index (χ3v) is 4.64. The summed E-state index contributed by atoms with van der Waals surface area (Å²) in [5.74, 6) is 0.0246. The van der Waals surface area contributed by atoms with Gasteiger partial charge in [0, 0.05) is 55.9 Å². The number of hydrogen-bond donors (Lipinski definition) is 2. The van der Waals surface area contributed by atoms with Crippen molar-refractivity contribution in [3.63, 3.8) is 0 Å². The summed E-state index contributed by atoms with van der Waals surface area (Å²) in [7, 11) is 0. The average molecular weight is 340 g/mol. The zero-order chi connectivity index (χ0) is 16.7. The smallest absolute Gasteiger partial charge is 0.225 e. The summed E-state index contributed by atoms with van der Waals surface area (Å²) >= 11 is 5.83. The summed E-state index contributed by atoms with van der Waals surface area (Å²) < 4.78 is 0. The Hall–Kier alpha value is -1.14. The number of nitrogens with one attached hydrogen (secondary N) is 1. The third kappa shape index (κ3) is 5.77. The van der Waals surface area contributed by atoms with Crippen LogP contribution in [0.4, 0.5) is 5.69 Å². The summed E-state index contributed by atoms with van der Waals surface area (Å²) in [4.78, 5) is 16.6. The molecule has 0 radical (unpaired) electrons. The number of carbonyl (C=O) groups excluding carboxylic acids is 1. The number of aliphatic hydroxyl groups is 1. The van der Waals surface area contributed by atoms with Gasteiger partial charge in [-0.25, -0.2) is 0 Å². The van der Waals surface area contributed by atoms with E-state index in [1.165, 1.54) is 0 Å². The van der Waals surface area contributed by atoms with Crippen molar-refractivity contribution in [3.8, 4) is 0 Å². The van der Waals surface area contributed by atoms with Gasteiger partial charge in [-0.15, -0.1) is 0 Å². The zero-order valence-electron chi connectivity index (χ0n) is 13.7. The molecule has 1 aromatic rings. The van der Waals surface area contributed by atoms with Crippen LogP contribution in [-0.4, -0.2) is 66.2 Å². The zero-order valence-corrected chi connectivity index (χ0v) is 14.4. The Morgan fingerprint density at radius 3 is 2.48 bits per heavy atom. The van der Waals surface area contributed by atoms with Crippen molar-refractivity contribution < 1.29 is 9.90 Å². The number of rotatable bonds is 7. The van der Waals surface area contributed by atoms with E-state index in [1.807, 2.05) is 0 Å². The van der Waals surface area contributed by atoms with E-state index < -0.39 is 0 Å². The average Bonchev–Trinajstić information content (AvgIpc) is 2.57. The number of hydrogen-bond acceptors (Lipinski definition) is 4. The number of halogens is 1. The predicted molar refractivity (Wildman–Crippen MR) is 93.9 cm³/mol. The lowest BCUT2D eigenvalue weighted by Crippen LogP contribution is -2.51. The molecule has 2 N–H and O–H groups in total. The van der Waals surface area contributed by atoms with Crippen molar-refractivity contribution in [1.29, 1.82) is 0 Å². The second-order valence-corrected chi connectivity index (χ2v) is 6.36. The Morgan fingerprint density at radius 1 is 1.26 bits per heavy atom. The largest absolute Gasteiger partial charge is 0.395 e. The van der Waals surface area contributed by atoms with Crippen molar-refractivity contribution in [2.45, 2.75) is 25.8 Å². The molecule has 1 fully saturated rings. The van der Waals surface area contributed by atoms with E-state index in [2.05, 4.69) is 22.0 Å². The number of aliphatic hydroxyl groups excluding tert-OH is 1. The van der Waals surface area contributed by atoms with Gasteiger partial charge in [0.2, 0.25) is 5.91 Å². The monoisotopic (exact) mass is 339 g/mol. The fourth-order valence-corrected chi connectivity index (χ4v) is 3.00. The predicted octanol–water partition coefficient (Wildman–Crippen LogP) is 2.06. The van der Waals surface area contributed by atoms with Crippen LogP contribution in [0.15, 0.2) is 24.3 Å². The Bertz CT molecular complexity index is 483. The Labute approximate surface area is 143 Å². The number of carbonyl (C=O) groups is 1. The first-order chi connectivity index (χ1) is 11.1. The summed E-state index contributed by atoms with van der Waals surface area (Å²) in [6.07, 6.45) is 1.46. The molecule has 1 aliphatic rings. The topological polar surface area (TPSA) is 55.8 Å². The Morgan fingerprint density at radius 2 is 1.91 bits per heavy atom. The number of piperazine rings is 1. The van der Waals surface area contributed by atoms with E-state index in [0.717, 1.165) is 44.8 Å². The Balaban J connectivity index is 1.68. The fourth-order valence-electron chi connectivity index (χ4n) is 2.87. The molecule has 128 valence electrons. The molecule has 0 bridgehead atoms. The van der Waals surface area contributed by atoms with Crippen LogP contribution in [0.1, 0.15) is 19.8 Å². The minimum absolute atomic E-state index is 0.0246.